The van der Waals surface area contributed by atoms with E-state index in [1.807, 2.05) is 11.3 Å². The molecule has 0 N–H and O–H groups in total. The van der Waals surface area contributed by atoms with Gasteiger partial charge in [-0.1, -0.05) is 164 Å². The second kappa shape index (κ2) is 13.7. The van der Waals surface area contributed by atoms with Gasteiger partial charge in [-0.05, 0) is 116 Å². The van der Waals surface area contributed by atoms with Crippen LogP contribution >= 0.6 is 11.3 Å². The number of hydrogen-bond donors (Lipinski definition) is 0. The molecule has 3 heteroatoms. The Labute approximate surface area is 364 Å². The van der Waals surface area contributed by atoms with Crippen molar-refractivity contribution in [1.29, 1.82) is 0 Å². The Kier molecular flexibility index (Phi) is 7.72. The maximum absolute atomic E-state index is 6.62. The van der Waals surface area contributed by atoms with E-state index in [-0.39, 0.29) is 0 Å². The molecule has 0 unspecified atom stereocenters. The fourth-order valence-electron chi connectivity index (χ4n) is 10.4. The van der Waals surface area contributed by atoms with E-state index in [0.29, 0.717) is 0 Å². The summed E-state index contributed by atoms with van der Waals surface area (Å²) in [6.45, 7) is 0. The van der Waals surface area contributed by atoms with Crippen molar-refractivity contribution in [3.05, 3.63) is 247 Å². The van der Waals surface area contributed by atoms with Gasteiger partial charge in [0.15, 0.2) is 0 Å². The van der Waals surface area contributed by atoms with Crippen LogP contribution < -0.4 is 9.64 Å². The molecule has 62 heavy (non-hydrogen) atoms. The van der Waals surface area contributed by atoms with Crippen LogP contribution in [0.5, 0.6) is 11.5 Å². The molecule has 2 nitrogen and oxygen atoms in total. The first kappa shape index (κ1) is 35.1. The van der Waals surface area contributed by atoms with Crippen molar-refractivity contribution in [1.82, 2.24) is 0 Å². The highest BCUT2D eigenvalue weighted by Crippen LogP contribution is 2.62. The van der Waals surface area contributed by atoms with Crippen LogP contribution in [0.25, 0.3) is 64.3 Å². The third kappa shape index (κ3) is 5.16. The minimum absolute atomic E-state index is 0.525. The molecule has 13 rings (SSSR count). The van der Waals surface area contributed by atoms with Gasteiger partial charge in [-0.3, -0.25) is 0 Å². The zero-order valence-electron chi connectivity index (χ0n) is 33.6. The van der Waals surface area contributed by atoms with Gasteiger partial charge in [0.25, 0.3) is 0 Å². The Morgan fingerprint density at radius 3 is 1.77 bits per heavy atom. The van der Waals surface area contributed by atoms with Crippen molar-refractivity contribution < 1.29 is 4.74 Å². The summed E-state index contributed by atoms with van der Waals surface area (Å²) in [5.41, 5.74) is 14.9. The highest BCUT2D eigenvalue weighted by Gasteiger charge is 2.51. The summed E-state index contributed by atoms with van der Waals surface area (Å²) in [4.78, 5) is 2.41. The molecule has 0 saturated heterocycles. The number of ether oxygens (including phenoxy) is 1. The van der Waals surface area contributed by atoms with Gasteiger partial charge >= 0.3 is 0 Å². The summed E-state index contributed by atoms with van der Waals surface area (Å²) < 4.78 is 9.28. The van der Waals surface area contributed by atoms with Crippen molar-refractivity contribution in [2.75, 3.05) is 4.90 Å². The van der Waals surface area contributed by atoms with E-state index in [0.717, 1.165) is 34.1 Å². The maximum Gasteiger partial charge on any atom is 0.132 e. The van der Waals surface area contributed by atoms with Crippen molar-refractivity contribution >= 4 is 59.3 Å². The summed E-state index contributed by atoms with van der Waals surface area (Å²) in [7, 11) is 0. The summed E-state index contributed by atoms with van der Waals surface area (Å²) in [5, 5.41) is 5.15. The Bertz CT molecular complexity index is 3520. The second-order valence-electron chi connectivity index (χ2n) is 16.4. The lowest BCUT2D eigenvalue weighted by atomic mass is 9.66. The number of fused-ring (bicyclic) bond motifs is 14. The molecule has 0 bridgehead atoms. The average molecular weight is 808 g/mol. The molecule has 0 radical (unpaired) electrons. The molecule has 290 valence electrons. The zero-order chi connectivity index (χ0) is 40.8. The minimum Gasteiger partial charge on any atom is -0.457 e. The largest absolute Gasteiger partial charge is 0.457 e. The highest BCUT2D eigenvalue weighted by atomic mass is 32.1. The standard InChI is InChI=1S/C59H37NOS/c1-2-13-38(14-3-1)39-25-29-43(30-26-39)60(45-31-34-46-42(36-45)28-33-50-49-18-5-11-24-57(49)62-58(46)50)44-16-12-15-40(35-44)41-27-32-48-47-17-4-6-19-51(47)59(54(48)37-41)52-20-7-9-22-55(52)61-56-23-10-8-21-53(56)59/h1-37H. The van der Waals surface area contributed by atoms with Gasteiger partial charge in [-0.25, -0.2) is 0 Å². The molecule has 0 atom stereocenters. The van der Waals surface area contributed by atoms with Crippen molar-refractivity contribution in [3.8, 4) is 44.9 Å². The smallest absolute Gasteiger partial charge is 0.132 e. The third-order valence-corrected chi connectivity index (χ3v) is 14.3. The van der Waals surface area contributed by atoms with Gasteiger partial charge in [0, 0.05) is 48.4 Å². The summed E-state index contributed by atoms with van der Waals surface area (Å²) in [5.74, 6) is 1.80. The van der Waals surface area contributed by atoms with Crippen LogP contribution in [0.1, 0.15) is 22.3 Å². The third-order valence-electron chi connectivity index (χ3n) is 13.1. The van der Waals surface area contributed by atoms with Crippen LogP contribution in [0.4, 0.5) is 17.1 Å². The molecule has 2 heterocycles. The average Bonchev–Trinajstić information content (AvgIpc) is 3.86. The molecule has 1 spiro atoms. The highest BCUT2D eigenvalue weighted by molar-refractivity contribution is 7.26. The second-order valence-corrected chi connectivity index (χ2v) is 17.4. The van der Waals surface area contributed by atoms with Gasteiger partial charge in [0.1, 0.15) is 11.5 Å². The number of nitrogens with zero attached hydrogens (tertiary/aromatic N) is 1. The fraction of sp³-hybridized carbons (Fsp3) is 0.0169. The van der Waals surface area contributed by atoms with Gasteiger partial charge in [-0.15, -0.1) is 11.3 Å². The Balaban J connectivity index is 0.980. The maximum atomic E-state index is 6.62. The molecule has 0 saturated carbocycles. The van der Waals surface area contributed by atoms with E-state index in [9.17, 15) is 0 Å². The Hall–Kier alpha value is -7.72. The monoisotopic (exact) mass is 807 g/mol. The van der Waals surface area contributed by atoms with Crippen LogP contribution in [0.15, 0.2) is 224 Å². The Morgan fingerprint density at radius 1 is 0.355 bits per heavy atom. The van der Waals surface area contributed by atoms with E-state index in [1.165, 1.54) is 81.0 Å². The first-order valence-corrected chi connectivity index (χ1v) is 22.1. The lowest BCUT2D eigenvalue weighted by Gasteiger charge is -2.39. The number of para-hydroxylation sites is 2. The lowest BCUT2D eigenvalue weighted by Crippen LogP contribution is -2.32. The molecule has 1 aromatic heterocycles. The molecule has 10 aromatic carbocycles. The van der Waals surface area contributed by atoms with Crippen LogP contribution in [0.3, 0.4) is 0 Å². The first-order valence-electron chi connectivity index (χ1n) is 21.2. The molecular formula is C59H37NOS. The summed E-state index contributed by atoms with van der Waals surface area (Å²) >= 11 is 1.88. The van der Waals surface area contributed by atoms with Crippen molar-refractivity contribution in [2.24, 2.45) is 0 Å². The number of thiophene rings is 1. The van der Waals surface area contributed by atoms with Crippen molar-refractivity contribution in [3.63, 3.8) is 0 Å². The number of benzene rings is 10. The van der Waals surface area contributed by atoms with Crippen molar-refractivity contribution in [2.45, 2.75) is 5.41 Å². The van der Waals surface area contributed by atoms with Crippen LogP contribution in [0.2, 0.25) is 0 Å². The van der Waals surface area contributed by atoms with Crippen LogP contribution in [-0.2, 0) is 5.41 Å². The molecular weight excluding hydrogens is 771 g/mol. The van der Waals surface area contributed by atoms with E-state index in [1.54, 1.807) is 0 Å². The SMILES string of the molecule is c1ccc(-c2ccc(N(c3cccc(-c4ccc5c(c4)C4(c6ccccc6Oc6ccccc64)c4ccccc4-5)c3)c3ccc4c(ccc5c6ccccc6sc45)c3)cc2)cc1. The molecule has 0 amide bonds. The van der Waals surface area contributed by atoms with Crippen LogP contribution in [0, 0.1) is 0 Å². The Morgan fingerprint density at radius 2 is 0.952 bits per heavy atom. The first-order chi connectivity index (χ1) is 30.7. The molecule has 0 fully saturated rings. The predicted octanol–water partition coefficient (Wildman–Crippen LogP) is 16.5. The van der Waals surface area contributed by atoms with Crippen LogP contribution in [-0.4, -0.2) is 0 Å². The van der Waals surface area contributed by atoms with E-state index in [4.69, 9.17) is 4.74 Å². The molecule has 11 aromatic rings. The topological polar surface area (TPSA) is 12.5 Å². The number of hydrogen-bond acceptors (Lipinski definition) is 3. The normalized spacial score (nSPS) is 13.1. The predicted molar refractivity (Wildman–Crippen MR) is 260 cm³/mol. The van der Waals surface area contributed by atoms with Gasteiger partial charge in [-0.2, -0.15) is 0 Å². The number of anilines is 3. The van der Waals surface area contributed by atoms with Gasteiger partial charge in [0.05, 0.1) is 5.41 Å². The van der Waals surface area contributed by atoms with E-state index >= 15 is 0 Å². The van der Waals surface area contributed by atoms with E-state index < -0.39 is 5.41 Å². The molecule has 1 aliphatic carbocycles. The number of rotatable bonds is 5. The zero-order valence-corrected chi connectivity index (χ0v) is 34.4. The summed E-state index contributed by atoms with van der Waals surface area (Å²) in [6.07, 6.45) is 0. The molecule has 2 aliphatic rings. The quantitative estimate of drug-likeness (QED) is 0.172. The fourth-order valence-corrected chi connectivity index (χ4v) is 11.6. The van der Waals surface area contributed by atoms with E-state index in [2.05, 4.69) is 229 Å². The summed E-state index contributed by atoms with van der Waals surface area (Å²) in [6, 6.07) is 82.1. The van der Waals surface area contributed by atoms with Gasteiger partial charge < -0.3 is 9.64 Å². The van der Waals surface area contributed by atoms with Gasteiger partial charge in [0.2, 0.25) is 0 Å². The lowest BCUT2D eigenvalue weighted by molar-refractivity contribution is 0.436. The molecule has 1 aliphatic heterocycles. The minimum atomic E-state index is -0.525.